The minimum Gasteiger partial charge on any atom is -0.364 e. The van der Waals surface area contributed by atoms with Crippen molar-refractivity contribution in [2.24, 2.45) is 5.41 Å². The smallest absolute Gasteiger partial charge is 0.139 e. The molecule has 0 aliphatic rings. The molecular formula is C28H33N3. The van der Waals surface area contributed by atoms with Crippen LogP contribution in [0.25, 0.3) is 28.0 Å². The predicted octanol–water partition coefficient (Wildman–Crippen LogP) is 7.60. The van der Waals surface area contributed by atoms with Crippen molar-refractivity contribution in [1.29, 1.82) is 0 Å². The second-order valence-electron chi connectivity index (χ2n) is 10.4. The molecule has 0 atom stereocenters. The van der Waals surface area contributed by atoms with Gasteiger partial charge in [-0.1, -0.05) is 75.4 Å². The van der Waals surface area contributed by atoms with Crippen LogP contribution in [0.3, 0.4) is 0 Å². The van der Waals surface area contributed by atoms with Gasteiger partial charge in [-0.05, 0) is 61.4 Å². The fraction of sp³-hybridized carbons (Fsp3) is 0.321. The standard InChI is InChI=1S/C28H33N3/c1-20-16-17-31-24(18-20)29-25(26(31)30-28(5,6)19-27(2,3)4)23-14-12-22(13-15-23)21-10-8-7-9-11-21/h7-18,30H,19H2,1-6H3. The predicted molar refractivity (Wildman–Crippen MR) is 133 cm³/mol. The summed E-state index contributed by atoms with van der Waals surface area (Å²) in [5, 5.41) is 3.83. The van der Waals surface area contributed by atoms with Gasteiger partial charge in [0.2, 0.25) is 0 Å². The van der Waals surface area contributed by atoms with Gasteiger partial charge >= 0.3 is 0 Å². The van der Waals surface area contributed by atoms with E-state index in [2.05, 4.69) is 118 Å². The summed E-state index contributed by atoms with van der Waals surface area (Å²) < 4.78 is 2.18. The van der Waals surface area contributed by atoms with Crippen LogP contribution < -0.4 is 5.32 Å². The summed E-state index contributed by atoms with van der Waals surface area (Å²) in [6.45, 7) is 13.5. The summed E-state index contributed by atoms with van der Waals surface area (Å²) in [4.78, 5) is 5.03. The van der Waals surface area contributed by atoms with Gasteiger partial charge in [0, 0.05) is 17.3 Å². The van der Waals surface area contributed by atoms with Crippen molar-refractivity contribution < 1.29 is 0 Å². The summed E-state index contributed by atoms with van der Waals surface area (Å²) in [5.41, 5.74) is 6.89. The number of fused-ring (bicyclic) bond motifs is 1. The molecule has 2 aromatic carbocycles. The van der Waals surface area contributed by atoms with Crippen LogP contribution in [0.15, 0.2) is 72.9 Å². The third-order valence-electron chi connectivity index (χ3n) is 5.48. The summed E-state index contributed by atoms with van der Waals surface area (Å²) in [6.07, 6.45) is 3.17. The Kier molecular flexibility index (Phi) is 5.38. The molecule has 0 radical (unpaired) electrons. The Balaban J connectivity index is 1.77. The molecule has 0 saturated carbocycles. The van der Waals surface area contributed by atoms with E-state index in [4.69, 9.17) is 4.98 Å². The highest BCUT2D eigenvalue weighted by Gasteiger charge is 2.28. The Bertz CT molecular complexity index is 1180. The zero-order chi connectivity index (χ0) is 22.2. The third-order valence-corrected chi connectivity index (χ3v) is 5.48. The van der Waals surface area contributed by atoms with Crippen LogP contribution in [0.1, 0.15) is 46.6 Å². The number of hydrogen-bond acceptors (Lipinski definition) is 2. The van der Waals surface area contributed by atoms with Gasteiger partial charge in [-0.3, -0.25) is 4.40 Å². The molecule has 0 fully saturated rings. The minimum absolute atomic E-state index is 0.0716. The van der Waals surface area contributed by atoms with Gasteiger partial charge in [0.25, 0.3) is 0 Å². The monoisotopic (exact) mass is 411 g/mol. The number of hydrogen-bond donors (Lipinski definition) is 1. The van der Waals surface area contributed by atoms with Gasteiger partial charge in [0.15, 0.2) is 0 Å². The lowest BCUT2D eigenvalue weighted by atomic mass is 9.82. The number of aryl methyl sites for hydroxylation is 1. The fourth-order valence-corrected chi connectivity index (χ4v) is 4.61. The summed E-state index contributed by atoms with van der Waals surface area (Å²) in [7, 11) is 0. The number of nitrogens with zero attached hydrogens (tertiary/aromatic N) is 2. The Morgan fingerprint density at radius 1 is 0.806 bits per heavy atom. The van der Waals surface area contributed by atoms with Gasteiger partial charge in [-0.2, -0.15) is 0 Å². The molecule has 160 valence electrons. The Morgan fingerprint density at radius 2 is 1.42 bits per heavy atom. The van der Waals surface area contributed by atoms with E-state index in [0.717, 1.165) is 29.1 Å². The van der Waals surface area contributed by atoms with Crippen molar-refractivity contribution in [3.05, 3.63) is 78.5 Å². The summed E-state index contributed by atoms with van der Waals surface area (Å²) in [5.74, 6) is 1.05. The molecule has 0 bridgehead atoms. The first kappa shape index (κ1) is 21.2. The first-order valence-corrected chi connectivity index (χ1v) is 11.0. The second-order valence-corrected chi connectivity index (χ2v) is 10.4. The highest BCUT2D eigenvalue weighted by Crippen LogP contribution is 2.35. The van der Waals surface area contributed by atoms with Crippen molar-refractivity contribution in [2.45, 2.75) is 53.5 Å². The molecule has 0 aliphatic carbocycles. The minimum atomic E-state index is -0.0716. The third kappa shape index (κ3) is 4.82. The molecule has 3 nitrogen and oxygen atoms in total. The van der Waals surface area contributed by atoms with Crippen molar-refractivity contribution in [2.75, 3.05) is 5.32 Å². The van der Waals surface area contributed by atoms with Gasteiger partial charge in [-0.15, -0.1) is 0 Å². The molecule has 4 aromatic rings. The molecular weight excluding hydrogens is 378 g/mol. The van der Waals surface area contributed by atoms with Crippen LogP contribution in [0.5, 0.6) is 0 Å². The van der Waals surface area contributed by atoms with E-state index < -0.39 is 0 Å². The first-order chi connectivity index (χ1) is 14.6. The molecule has 3 heteroatoms. The molecule has 0 unspecified atom stereocenters. The number of nitrogens with one attached hydrogen (secondary N) is 1. The van der Waals surface area contributed by atoms with Crippen molar-refractivity contribution in [3.8, 4) is 22.4 Å². The Labute approximate surface area is 186 Å². The maximum Gasteiger partial charge on any atom is 0.139 e. The van der Waals surface area contributed by atoms with Gasteiger partial charge in [0.05, 0.1) is 0 Å². The van der Waals surface area contributed by atoms with Crippen molar-refractivity contribution >= 4 is 11.5 Å². The average molecular weight is 412 g/mol. The van der Waals surface area contributed by atoms with Crippen molar-refractivity contribution in [3.63, 3.8) is 0 Å². The van der Waals surface area contributed by atoms with Crippen LogP contribution in [0, 0.1) is 12.3 Å². The van der Waals surface area contributed by atoms with Gasteiger partial charge in [-0.25, -0.2) is 4.98 Å². The van der Waals surface area contributed by atoms with Crippen LogP contribution in [0.4, 0.5) is 5.82 Å². The zero-order valence-corrected chi connectivity index (χ0v) is 19.5. The Hall–Kier alpha value is -3.07. The lowest BCUT2D eigenvalue weighted by Crippen LogP contribution is -2.36. The maximum atomic E-state index is 5.03. The first-order valence-electron chi connectivity index (χ1n) is 11.0. The van der Waals surface area contributed by atoms with E-state index in [0.29, 0.717) is 0 Å². The van der Waals surface area contributed by atoms with Crippen LogP contribution in [0.2, 0.25) is 0 Å². The van der Waals surface area contributed by atoms with Crippen molar-refractivity contribution in [1.82, 2.24) is 9.38 Å². The van der Waals surface area contributed by atoms with Crippen LogP contribution >= 0.6 is 0 Å². The van der Waals surface area contributed by atoms with E-state index in [9.17, 15) is 0 Å². The lowest BCUT2D eigenvalue weighted by molar-refractivity contribution is 0.302. The normalized spacial score (nSPS) is 12.3. The average Bonchev–Trinajstić information content (AvgIpc) is 3.03. The van der Waals surface area contributed by atoms with E-state index in [1.807, 2.05) is 6.07 Å². The SMILES string of the molecule is Cc1ccn2c(NC(C)(C)CC(C)(C)C)c(-c3ccc(-c4ccccc4)cc3)nc2c1. The number of anilines is 1. The molecule has 31 heavy (non-hydrogen) atoms. The number of rotatable bonds is 5. The van der Waals surface area contributed by atoms with E-state index in [-0.39, 0.29) is 11.0 Å². The van der Waals surface area contributed by atoms with Gasteiger partial charge < -0.3 is 5.32 Å². The van der Waals surface area contributed by atoms with Gasteiger partial charge in [0.1, 0.15) is 17.2 Å². The lowest BCUT2D eigenvalue weighted by Gasteiger charge is -2.34. The number of pyridine rings is 1. The molecule has 0 amide bonds. The van der Waals surface area contributed by atoms with E-state index >= 15 is 0 Å². The maximum absolute atomic E-state index is 5.03. The molecule has 2 heterocycles. The topological polar surface area (TPSA) is 29.3 Å². The quantitative estimate of drug-likeness (QED) is 0.366. The number of aromatic nitrogens is 2. The summed E-state index contributed by atoms with van der Waals surface area (Å²) >= 11 is 0. The zero-order valence-electron chi connectivity index (χ0n) is 19.5. The molecule has 2 aromatic heterocycles. The van der Waals surface area contributed by atoms with Crippen LogP contribution in [-0.4, -0.2) is 14.9 Å². The fourth-order valence-electron chi connectivity index (χ4n) is 4.61. The Morgan fingerprint density at radius 3 is 2.06 bits per heavy atom. The summed E-state index contributed by atoms with van der Waals surface area (Å²) in [6, 6.07) is 23.5. The molecule has 0 saturated heterocycles. The number of imidazole rings is 1. The largest absolute Gasteiger partial charge is 0.364 e. The van der Waals surface area contributed by atoms with E-state index in [1.54, 1.807) is 0 Å². The molecule has 4 rings (SSSR count). The molecule has 1 N–H and O–H groups in total. The number of benzene rings is 2. The van der Waals surface area contributed by atoms with E-state index in [1.165, 1.54) is 16.7 Å². The highest BCUT2D eigenvalue weighted by atomic mass is 15.2. The molecule has 0 spiro atoms. The highest BCUT2D eigenvalue weighted by molar-refractivity contribution is 5.79. The van der Waals surface area contributed by atoms with Crippen LogP contribution in [-0.2, 0) is 0 Å². The molecule has 0 aliphatic heterocycles. The second kappa shape index (κ2) is 7.88.